The fraction of sp³-hybridized carbons (Fsp3) is 0.467. The first-order chi connectivity index (χ1) is 9.41. The van der Waals surface area contributed by atoms with E-state index in [2.05, 4.69) is 19.2 Å². The number of nitrogens with two attached hydrogens (primary N) is 1. The number of esters is 1. The van der Waals surface area contributed by atoms with Crippen LogP contribution in [0.5, 0.6) is 0 Å². The highest BCUT2D eigenvalue weighted by Gasteiger charge is 2.13. The van der Waals surface area contributed by atoms with E-state index in [1.807, 2.05) is 0 Å². The number of hydrogen-bond acceptors (Lipinski definition) is 4. The van der Waals surface area contributed by atoms with Crippen LogP contribution in [0.2, 0.25) is 0 Å². The molecule has 110 valence electrons. The molecule has 5 nitrogen and oxygen atoms in total. The molecule has 0 heterocycles. The van der Waals surface area contributed by atoms with Gasteiger partial charge in [-0.3, -0.25) is 4.79 Å². The molecule has 0 aliphatic heterocycles. The summed E-state index contributed by atoms with van der Waals surface area (Å²) in [6.07, 6.45) is 0.897. The SMILES string of the molecule is Cc1c(N)cccc1C(=O)OCC(=O)NCCC(C)C. The molecule has 0 radical (unpaired) electrons. The number of nitrogens with one attached hydrogen (secondary N) is 1. The molecule has 0 fully saturated rings. The molecule has 0 saturated heterocycles. The van der Waals surface area contributed by atoms with Gasteiger partial charge >= 0.3 is 5.97 Å². The molecule has 0 bridgehead atoms. The van der Waals surface area contributed by atoms with Crippen LogP contribution in [0.15, 0.2) is 18.2 Å². The van der Waals surface area contributed by atoms with E-state index in [1.54, 1.807) is 25.1 Å². The van der Waals surface area contributed by atoms with Crippen LogP contribution in [0, 0.1) is 12.8 Å². The van der Waals surface area contributed by atoms with E-state index < -0.39 is 5.97 Å². The molecule has 0 unspecified atom stereocenters. The van der Waals surface area contributed by atoms with Crippen molar-refractivity contribution >= 4 is 17.6 Å². The van der Waals surface area contributed by atoms with Gasteiger partial charge in [0, 0.05) is 12.2 Å². The Bertz CT molecular complexity index is 484. The zero-order valence-corrected chi connectivity index (χ0v) is 12.2. The molecule has 1 rings (SSSR count). The molecular weight excluding hydrogens is 256 g/mol. The van der Waals surface area contributed by atoms with Crippen LogP contribution in [0.1, 0.15) is 36.2 Å². The summed E-state index contributed by atoms with van der Waals surface area (Å²) in [6, 6.07) is 5.02. The Morgan fingerprint density at radius 2 is 2.05 bits per heavy atom. The zero-order chi connectivity index (χ0) is 15.1. The van der Waals surface area contributed by atoms with Gasteiger partial charge in [0.1, 0.15) is 0 Å². The van der Waals surface area contributed by atoms with Crippen LogP contribution in [-0.2, 0) is 9.53 Å². The first kappa shape index (κ1) is 16.0. The largest absolute Gasteiger partial charge is 0.452 e. The summed E-state index contributed by atoms with van der Waals surface area (Å²) in [5.41, 5.74) is 7.30. The molecule has 0 saturated carbocycles. The third kappa shape index (κ3) is 4.91. The predicted molar refractivity (Wildman–Crippen MR) is 78.3 cm³/mol. The maximum absolute atomic E-state index is 11.8. The minimum absolute atomic E-state index is 0.273. The second-order valence-electron chi connectivity index (χ2n) is 5.13. The van der Waals surface area contributed by atoms with Crippen LogP contribution in [-0.4, -0.2) is 25.0 Å². The number of carbonyl (C=O) groups is 2. The zero-order valence-electron chi connectivity index (χ0n) is 12.2. The van der Waals surface area contributed by atoms with Gasteiger partial charge in [-0.1, -0.05) is 19.9 Å². The smallest absolute Gasteiger partial charge is 0.338 e. The molecule has 3 N–H and O–H groups in total. The number of anilines is 1. The highest BCUT2D eigenvalue weighted by molar-refractivity contribution is 5.94. The normalized spacial score (nSPS) is 10.4. The Kier molecular flexibility index (Phi) is 6.03. The van der Waals surface area contributed by atoms with Gasteiger partial charge < -0.3 is 15.8 Å². The topological polar surface area (TPSA) is 81.4 Å². The lowest BCUT2D eigenvalue weighted by Gasteiger charge is -2.09. The summed E-state index contributed by atoms with van der Waals surface area (Å²) in [7, 11) is 0. The van der Waals surface area contributed by atoms with Crippen LogP contribution < -0.4 is 11.1 Å². The first-order valence-corrected chi connectivity index (χ1v) is 6.70. The van der Waals surface area contributed by atoms with Gasteiger partial charge in [0.05, 0.1) is 5.56 Å². The van der Waals surface area contributed by atoms with Gasteiger partial charge in [-0.05, 0) is 37.0 Å². The molecule has 0 aliphatic carbocycles. The van der Waals surface area contributed by atoms with Crippen molar-refractivity contribution in [2.75, 3.05) is 18.9 Å². The average molecular weight is 278 g/mol. The van der Waals surface area contributed by atoms with Crippen LogP contribution in [0.25, 0.3) is 0 Å². The number of hydrogen-bond donors (Lipinski definition) is 2. The van der Waals surface area contributed by atoms with Crippen molar-refractivity contribution in [1.82, 2.24) is 5.32 Å². The van der Waals surface area contributed by atoms with Crippen LogP contribution >= 0.6 is 0 Å². The highest BCUT2D eigenvalue weighted by atomic mass is 16.5. The molecule has 1 aromatic rings. The summed E-state index contributed by atoms with van der Waals surface area (Å²) < 4.78 is 4.98. The van der Waals surface area contributed by atoms with Crippen molar-refractivity contribution in [3.8, 4) is 0 Å². The maximum Gasteiger partial charge on any atom is 0.338 e. The molecule has 0 aliphatic rings. The standard InChI is InChI=1S/C15H22N2O3/c1-10(2)7-8-17-14(18)9-20-15(19)12-5-4-6-13(16)11(12)3/h4-6,10H,7-9,16H2,1-3H3,(H,17,18). The molecule has 0 aromatic heterocycles. The van der Waals surface area contributed by atoms with Crippen molar-refractivity contribution in [2.24, 2.45) is 5.92 Å². The van der Waals surface area contributed by atoms with Gasteiger partial charge in [-0.25, -0.2) is 4.79 Å². The van der Waals surface area contributed by atoms with Crippen molar-refractivity contribution in [1.29, 1.82) is 0 Å². The number of rotatable bonds is 6. The fourth-order valence-electron chi connectivity index (χ4n) is 1.63. The van der Waals surface area contributed by atoms with Crippen LogP contribution in [0.4, 0.5) is 5.69 Å². The number of nitrogen functional groups attached to an aromatic ring is 1. The van der Waals surface area contributed by atoms with Gasteiger partial charge in [0.2, 0.25) is 0 Å². The van der Waals surface area contributed by atoms with E-state index in [1.165, 1.54) is 0 Å². The van der Waals surface area contributed by atoms with E-state index in [0.717, 1.165) is 6.42 Å². The fourth-order valence-corrected chi connectivity index (χ4v) is 1.63. The van der Waals surface area contributed by atoms with Gasteiger partial charge in [0.15, 0.2) is 6.61 Å². The first-order valence-electron chi connectivity index (χ1n) is 6.70. The van der Waals surface area contributed by atoms with E-state index in [0.29, 0.717) is 29.3 Å². The molecule has 1 amide bonds. The number of benzene rings is 1. The molecule has 20 heavy (non-hydrogen) atoms. The molecule has 5 heteroatoms. The lowest BCUT2D eigenvalue weighted by Crippen LogP contribution is -2.30. The Balaban J connectivity index is 2.43. The van der Waals surface area contributed by atoms with Crippen molar-refractivity contribution in [2.45, 2.75) is 27.2 Å². The summed E-state index contributed by atoms with van der Waals surface area (Å²) >= 11 is 0. The summed E-state index contributed by atoms with van der Waals surface area (Å²) in [4.78, 5) is 23.3. The van der Waals surface area contributed by atoms with Gasteiger partial charge in [-0.2, -0.15) is 0 Å². The Morgan fingerprint density at radius 3 is 2.70 bits per heavy atom. The quantitative estimate of drug-likeness (QED) is 0.615. The van der Waals surface area contributed by atoms with Crippen LogP contribution in [0.3, 0.4) is 0 Å². The number of carbonyl (C=O) groups excluding carboxylic acids is 2. The second kappa shape index (κ2) is 7.53. The highest BCUT2D eigenvalue weighted by Crippen LogP contribution is 2.16. The van der Waals surface area contributed by atoms with E-state index in [9.17, 15) is 9.59 Å². The third-order valence-corrected chi connectivity index (χ3v) is 2.97. The summed E-state index contributed by atoms with van der Waals surface area (Å²) in [5, 5.41) is 2.71. The lowest BCUT2D eigenvalue weighted by atomic mass is 10.1. The second-order valence-corrected chi connectivity index (χ2v) is 5.13. The minimum atomic E-state index is -0.534. The van der Waals surface area contributed by atoms with Crippen molar-refractivity contribution < 1.29 is 14.3 Å². The van der Waals surface area contributed by atoms with Crippen molar-refractivity contribution in [3.05, 3.63) is 29.3 Å². The Labute approximate surface area is 119 Å². The van der Waals surface area contributed by atoms with Gasteiger partial charge in [-0.15, -0.1) is 0 Å². The van der Waals surface area contributed by atoms with E-state index >= 15 is 0 Å². The third-order valence-electron chi connectivity index (χ3n) is 2.97. The van der Waals surface area contributed by atoms with Gasteiger partial charge in [0.25, 0.3) is 5.91 Å². The monoisotopic (exact) mass is 278 g/mol. The Morgan fingerprint density at radius 1 is 1.35 bits per heavy atom. The van der Waals surface area contributed by atoms with Crippen molar-refractivity contribution in [3.63, 3.8) is 0 Å². The number of ether oxygens (including phenoxy) is 1. The minimum Gasteiger partial charge on any atom is -0.452 e. The maximum atomic E-state index is 11.8. The van der Waals surface area contributed by atoms with E-state index in [4.69, 9.17) is 10.5 Å². The molecule has 1 aromatic carbocycles. The summed E-state index contributed by atoms with van der Waals surface area (Å²) in [5.74, 6) is -0.304. The predicted octanol–water partition coefficient (Wildman–Crippen LogP) is 1.90. The number of amides is 1. The Hall–Kier alpha value is -2.04. The average Bonchev–Trinajstić information content (AvgIpc) is 2.38. The lowest BCUT2D eigenvalue weighted by molar-refractivity contribution is -0.124. The molecular formula is C15H22N2O3. The molecule has 0 atom stereocenters. The summed E-state index contributed by atoms with van der Waals surface area (Å²) in [6.45, 7) is 6.22. The molecule has 0 spiro atoms. The van der Waals surface area contributed by atoms with E-state index in [-0.39, 0.29) is 12.5 Å².